The molecule has 4 heteroatoms. The van der Waals surface area contributed by atoms with Crippen LogP contribution in [0.4, 0.5) is 0 Å². The SMILES string of the molecule is CCC[CH2][Sn]([CH2]CCC)([CH2]CCCCn1cc[n+](C)c1)[c]1ccc(OC)cc1. The number of rotatable bonds is 14. The van der Waals surface area contributed by atoms with Gasteiger partial charge in [0, 0.05) is 0 Å². The summed E-state index contributed by atoms with van der Waals surface area (Å²) in [7, 11) is 3.86. The van der Waals surface area contributed by atoms with Crippen molar-refractivity contribution in [3.63, 3.8) is 0 Å². The number of aryl methyl sites for hydroxylation is 2. The Kier molecular flexibility index (Phi) is 10.5. The van der Waals surface area contributed by atoms with E-state index in [0.29, 0.717) is 0 Å². The van der Waals surface area contributed by atoms with Gasteiger partial charge < -0.3 is 0 Å². The Bertz CT molecular complexity index is 657. The van der Waals surface area contributed by atoms with Gasteiger partial charge in [-0.2, -0.15) is 0 Å². The molecule has 2 rings (SSSR count). The predicted octanol–water partition coefficient (Wildman–Crippen LogP) is 5.45. The fourth-order valence-electron chi connectivity index (χ4n) is 4.35. The Morgan fingerprint density at radius 3 is 2.07 bits per heavy atom. The van der Waals surface area contributed by atoms with Crippen molar-refractivity contribution in [3.8, 4) is 5.75 Å². The molecule has 3 nitrogen and oxygen atoms in total. The predicted molar refractivity (Wildman–Crippen MR) is 122 cm³/mol. The van der Waals surface area contributed by atoms with Crippen LogP contribution in [0.5, 0.6) is 5.75 Å². The molecule has 1 aromatic carbocycles. The molecular weight excluding hydrogens is 451 g/mol. The number of ether oxygens (including phenoxy) is 1. The van der Waals surface area contributed by atoms with Crippen molar-refractivity contribution in [3.05, 3.63) is 43.0 Å². The summed E-state index contributed by atoms with van der Waals surface area (Å²) in [4.78, 5) is 0. The second-order valence-electron chi connectivity index (χ2n) is 8.34. The molecule has 0 radical (unpaired) electrons. The van der Waals surface area contributed by atoms with Crippen LogP contribution < -0.4 is 12.9 Å². The first-order valence-electron chi connectivity index (χ1n) is 11.3. The molecule has 0 saturated heterocycles. The Labute approximate surface area is 177 Å². The molecule has 1 heterocycles. The number of unbranched alkanes of at least 4 members (excludes halogenated alkanes) is 4. The van der Waals surface area contributed by atoms with E-state index in [1.54, 1.807) is 10.7 Å². The van der Waals surface area contributed by atoms with Gasteiger partial charge in [0.2, 0.25) is 0 Å². The van der Waals surface area contributed by atoms with E-state index in [1.807, 2.05) is 0 Å². The van der Waals surface area contributed by atoms with Crippen molar-refractivity contribution in [1.29, 1.82) is 0 Å². The minimum absolute atomic E-state index is 0.995. The number of imidazole rings is 1. The van der Waals surface area contributed by atoms with Crippen LogP contribution in [-0.4, -0.2) is 30.1 Å². The molecule has 0 N–H and O–H groups in total. The van der Waals surface area contributed by atoms with Crippen molar-refractivity contribution in [2.24, 2.45) is 7.05 Å². The second kappa shape index (κ2) is 12.6. The monoisotopic (exact) mass is 493 g/mol. The molecule has 0 unspecified atom stereocenters. The molecule has 0 saturated carbocycles. The fourth-order valence-corrected chi connectivity index (χ4v) is 20.0. The zero-order valence-electron chi connectivity index (χ0n) is 18.6. The topological polar surface area (TPSA) is 18.0 Å². The van der Waals surface area contributed by atoms with Crippen LogP contribution in [0.15, 0.2) is 43.0 Å². The van der Waals surface area contributed by atoms with E-state index >= 15 is 0 Å². The van der Waals surface area contributed by atoms with Crippen LogP contribution in [0.3, 0.4) is 0 Å². The average Bonchev–Trinajstić information content (AvgIpc) is 3.14. The van der Waals surface area contributed by atoms with Crippen LogP contribution >= 0.6 is 0 Å². The summed E-state index contributed by atoms with van der Waals surface area (Å²) >= 11 is -2.35. The average molecular weight is 492 g/mol. The molecule has 0 aliphatic carbocycles. The van der Waals surface area contributed by atoms with E-state index in [2.05, 4.69) is 73.0 Å². The zero-order chi connectivity index (χ0) is 20.2. The quantitative estimate of drug-likeness (QED) is 0.195. The molecule has 0 atom stereocenters. The van der Waals surface area contributed by atoms with Gasteiger partial charge in [0.15, 0.2) is 0 Å². The van der Waals surface area contributed by atoms with Crippen LogP contribution in [0.25, 0.3) is 0 Å². The first-order chi connectivity index (χ1) is 13.6. The fraction of sp³-hybridized carbons (Fsp3) is 0.625. The molecule has 0 aliphatic rings. The van der Waals surface area contributed by atoms with Gasteiger partial charge in [-0.05, 0) is 0 Å². The molecule has 0 bridgehead atoms. The van der Waals surface area contributed by atoms with E-state index in [4.69, 9.17) is 4.74 Å². The Morgan fingerprint density at radius 2 is 1.54 bits per heavy atom. The van der Waals surface area contributed by atoms with Crippen molar-refractivity contribution in [1.82, 2.24) is 4.57 Å². The Morgan fingerprint density at radius 1 is 0.893 bits per heavy atom. The van der Waals surface area contributed by atoms with E-state index < -0.39 is 18.4 Å². The van der Waals surface area contributed by atoms with E-state index in [-0.39, 0.29) is 0 Å². The van der Waals surface area contributed by atoms with Crippen molar-refractivity contribution in [2.45, 2.75) is 78.6 Å². The zero-order valence-corrected chi connectivity index (χ0v) is 21.5. The van der Waals surface area contributed by atoms with Gasteiger partial charge in [-0.3, -0.25) is 0 Å². The molecule has 0 aliphatic heterocycles. The van der Waals surface area contributed by atoms with Gasteiger partial charge >= 0.3 is 177 Å². The van der Waals surface area contributed by atoms with Gasteiger partial charge in [0.05, 0.1) is 0 Å². The standard InChI is InChI=1S/C9H16N2.C7H7O.2C4H9.Sn/c1-3-4-5-6-11-8-7-10(2)9-11;1-8-7-5-3-2-4-6-7;2*1-3-4-2;/h7-9H,1,3-6H2,2H3;3-6H,1H3;2*1,3-4H2,2H3;/q+1;;;;. The Hall–Kier alpha value is -0.971. The second-order valence-corrected chi connectivity index (χ2v) is 21.6. The number of aromatic nitrogens is 2. The summed E-state index contributed by atoms with van der Waals surface area (Å²) in [6, 6.07) is 9.23. The van der Waals surface area contributed by atoms with Crippen LogP contribution in [0.1, 0.15) is 58.8 Å². The summed E-state index contributed by atoms with van der Waals surface area (Å²) in [6.45, 7) is 5.85. The molecule has 0 fully saturated rings. The third-order valence-corrected chi connectivity index (χ3v) is 21.8. The first-order valence-corrected chi connectivity index (χ1v) is 18.8. The molecule has 2 aromatic rings. The Balaban J connectivity index is 2.02. The summed E-state index contributed by atoms with van der Waals surface area (Å²) in [5.74, 6) is 0.995. The van der Waals surface area contributed by atoms with E-state index in [9.17, 15) is 0 Å². The van der Waals surface area contributed by atoms with Gasteiger partial charge in [-0.25, -0.2) is 0 Å². The summed E-state index contributed by atoms with van der Waals surface area (Å²) in [6.07, 6.45) is 16.0. The number of benzene rings is 1. The molecule has 156 valence electrons. The van der Waals surface area contributed by atoms with E-state index in [0.717, 1.165) is 12.3 Å². The van der Waals surface area contributed by atoms with Gasteiger partial charge in [0.25, 0.3) is 0 Å². The van der Waals surface area contributed by atoms with Gasteiger partial charge in [-0.1, -0.05) is 0 Å². The summed E-state index contributed by atoms with van der Waals surface area (Å²) < 4.78 is 16.1. The van der Waals surface area contributed by atoms with Crippen LogP contribution in [-0.2, 0) is 13.6 Å². The normalized spacial score (nSPS) is 11.7. The van der Waals surface area contributed by atoms with E-state index in [1.165, 1.54) is 58.3 Å². The third kappa shape index (κ3) is 7.13. The maximum absolute atomic E-state index is 5.42. The van der Waals surface area contributed by atoms with Crippen LogP contribution in [0.2, 0.25) is 13.3 Å². The summed E-state index contributed by atoms with van der Waals surface area (Å²) in [5, 5.41) is 0. The maximum atomic E-state index is 5.42. The number of methoxy groups -OCH3 is 1. The molecule has 0 spiro atoms. The van der Waals surface area contributed by atoms with Crippen LogP contribution in [0, 0.1) is 0 Å². The summed E-state index contributed by atoms with van der Waals surface area (Å²) in [5.41, 5.74) is 0. The number of hydrogen-bond donors (Lipinski definition) is 0. The van der Waals surface area contributed by atoms with Crippen molar-refractivity contribution in [2.75, 3.05) is 7.11 Å². The molecule has 1 aromatic heterocycles. The molecular formula is C24H41N2OSn+. The first kappa shape index (κ1) is 23.3. The minimum atomic E-state index is -2.35. The number of nitrogens with zero attached hydrogens (tertiary/aromatic N) is 2. The third-order valence-electron chi connectivity index (χ3n) is 6.12. The van der Waals surface area contributed by atoms with Crippen molar-refractivity contribution >= 4 is 22.0 Å². The van der Waals surface area contributed by atoms with Crippen molar-refractivity contribution < 1.29 is 9.30 Å². The van der Waals surface area contributed by atoms with Gasteiger partial charge in [-0.15, -0.1) is 0 Å². The molecule has 0 amide bonds. The number of hydrogen-bond acceptors (Lipinski definition) is 1. The van der Waals surface area contributed by atoms with Gasteiger partial charge in [0.1, 0.15) is 0 Å². The molecule has 28 heavy (non-hydrogen) atoms.